The summed E-state index contributed by atoms with van der Waals surface area (Å²) in [6.45, 7) is 4.41. The van der Waals surface area contributed by atoms with E-state index in [1.54, 1.807) is 6.07 Å². The van der Waals surface area contributed by atoms with Crippen molar-refractivity contribution in [2.24, 2.45) is 0 Å². The van der Waals surface area contributed by atoms with Crippen molar-refractivity contribution in [2.75, 3.05) is 0 Å². The van der Waals surface area contributed by atoms with Crippen molar-refractivity contribution in [3.63, 3.8) is 0 Å². The van der Waals surface area contributed by atoms with E-state index in [1.807, 2.05) is 24.3 Å². The zero-order valence-corrected chi connectivity index (χ0v) is 18.4. The molecule has 0 fully saturated rings. The average molecular weight is 405 g/mol. The number of aryl methyl sites for hydroxylation is 2. The Morgan fingerprint density at radius 3 is 1.86 bits per heavy atom. The Hall–Kier alpha value is -1.39. The van der Waals surface area contributed by atoms with E-state index in [1.165, 1.54) is 50.5 Å². The Balaban J connectivity index is 2.29. The highest BCUT2D eigenvalue weighted by molar-refractivity contribution is 7.86. The standard InChI is InChI=1S/C24H36O3S/c1-3-5-7-9-11-14-20-18-19-23(28(25,26)27)24-21(16-13-17-22(20)24)15-12-10-8-6-4-2/h13,16-19H,3-12,14-15H2,1-2H3,(H,25,26,27). The molecule has 0 atom stereocenters. The molecule has 0 aliphatic carbocycles. The summed E-state index contributed by atoms with van der Waals surface area (Å²) in [7, 11) is -4.24. The Morgan fingerprint density at radius 1 is 0.714 bits per heavy atom. The highest BCUT2D eigenvalue weighted by atomic mass is 32.2. The van der Waals surface area contributed by atoms with Gasteiger partial charge in [-0.25, -0.2) is 0 Å². The molecule has 0 aliphatic heterocycles. The van der Waals surface area contributed by atoms with Gasteiger partial charge >= 0.3 is 0 Å². The first kappa shape index (κ1) is 22.9. The molecule has 0 bridgehead atoms. The summed E-state index contributed by atoms with van der Waals surface area (Å²) in [6, 6.07) is 9.53. The van der Waals surface area contributed by atoms with Gasteiger partial charge in [-0.1, -0.05) is 89.5 Å². The Kier molecular flexibility index (Phi) is 9.46. The number of benzene rings is 2. The third-order valence-electron chi connectivity index (χ3n) is 5.56. The van der Waals surface area contributed by atoms with Crippen molar-refractivity contribution < 1.29 is 13.0 Å². The van der Waals surface area contributed by atoms with Crippen LogP contribution in [0.15, 0.2) is 35.2 Å². The van der Waals surface area contributed by atoms with E-state index in [-0.39, 0.29) is 4.90 Å². The average Bonchev–Trinajstić information content (AvgIpc) is 2.67. The molecule has 0 aliphatic rings. The molecule has 28 heavy (non-hydrogen) atoms. The first-order valence-corrected chi connectivity index (χ1v) is 12.4. The molecule has 156 valence electrons. The zero-order valence-electron chi connectivity index (χ0n) is 17.5. The smallest absolute Gasteiger partial charge is 0.282 e. The lowest BCUT2D eigenvalue weighted by molar-refractivity contribution is 0.484. The molecule has 0 unspecified atom stereocenters. The van der Waals surface area contributed by atoms with Gasteiger partial charge in [0, 0.05) is 5.39 Å². The minimum Gasteiger partial charge on any atom is -0.282 e. The summed E-state index contributed by atoms with van der Waals surface area (Å²) in [6.07, 6.45) is 13.7. The van der Waals surface area contributed by atoms with Crippen molar-refractivity contribution in [3.8, 4) is 0 Å². The maximum atomic E-state index is 12.0. The van der Waals surface area contributed by atoms with Crippen LogP contribution in [0.5, 0.6) is 0 Å². The number of hydrogen-bond acceptors (Lipinski definition) is 2. The molecule has 1 N–H and O–H groups in total. The fourth-order valence-electron chi connectivity index (χ4n) is 3.99. The molecule has 0 saturated heterocycles. The second-order valence-corrected chi connectivity index (χ2v) is 9.26. The SMILES string of the molecule is CCCCCCCc1ccc(S(=O)(=O)O)c2c(CCCCCCC)cccc12. The highest BCUT2D eigenvalue weighted by Gasteiger charge is 2.18. The van der Waals surface area contributed by atoms with Gasteiger partial charge in [0.05, 0.1) is 0 Å². The van der Waals surface area contributed by atoms with Gasteiger partial charge in [0.25, 0.3) is 10.1 Å². The van der Waals surface area contributed by atoms with Crippen LogP contribution in [0.1, 0.15) is 89.2 Å². The quantitative estimate of drug-likeness (QED) is 0.286. The Labute approximate surface area is 171 Å². The van der Waals surface area contributed by atoms with Gasteiger partial charge in [-0.15, -0.1) is 0 Å². The molecule has 2 aromatic carbocycles. The topological polar surface area (TPSA) is 54.4 Å². The van der Waals surface area contributed by atoms with Gasteiger partial charge in [0.2, 0.25) is 0 Å². The predicted molar refractivity (Wildman–Crippen MR) is 119 cm³/mol. The van der Waals surface area contributed by atoms with E-state index in [4.69, 9.17) is 0 Å². The largest absolute Gasteiger partial charge is 0.295 e. The molecule has 0 heterocycles. The summed E-state index contributed by atoms with van der Waals surface area (Å²) in [5.74, 6) is 0. The molecule has 2 rings (SSSR count). The van der Waals surface area contributed by atoms with Crippen LogP contribution in [0, 0.1) is 0 Å². The molecule has 3 nitrogen and oxygen atoms in total. The Morgan fingerprint density at radius 2 is 1.29 bits per heavy atom. The first-order chi connectivity index (χ1) is 13.5. The molecule has 2 aromatic rings. The summed E-state index contributed by atoms with van der Waals surface area (Å²) >= 11 is 0. The molecular formula is C24H36O3S. The van der Waals surface area contributed by atoms with E-state index < -0.39 is 10.1 Å². The summed E-state index contributed by atoms with van der Waals surface area (Å²) in [5, 5.41) is 1.71. The van der Waals surface area contributed by atoms with Crippen LogP contribution >= 0.6 is 0 Å². The van der Waals surface area contributed by atoms with Crippen molar-refractivity contribution in [2.45, 2.75) is 95.8 Å². The Bertz CT molecular complexity index is 840. The zero-order chi connectivity index (χ0) is 20.4. The van der Waals surface area contributed by atoms with Gasteiger partial charge in [0.1, 0.15) is 4.90 Å². The molecule has 4 heteroatoms. The van der Waals surface area contributed by atoms with Gasteiger partial charge < -0.3 is 0 Å². The lowest BCUT2D eigenvalue weighted by Gasteiger charge is -2.14. The molecular weight excluding hydrogens is 368 g/mol. The van der Waals surface area contributed by atoms with E-state index >= 15 is 0 Å². The van der Waals surface area contributed by atoms with Crippen molar-refractivity contribution in [1.29, 1.82) is 0 Å². The van der Waals surface area contributed by atoms with Crippen LogP contribution in [0.2, 0.25) is 0 Å². The fourth-order valence-corrected chi connectivity index (χ4v) is 4.73. The maximum Gasteiger partial charge on any atom is 0.295 e. The lowest BCUT2D eigenvalue weighted by Crippen LogP contribution is -2.03. The van der Waals surface area contributed by atoms with Gasteiger partial charge in [-0.2, -0.15) is 8.42 Å². The van der Waals surface area contributed by atoms with Gasteiger partial charge in [0.15, 0.2) is 0 Å². The molecule has 0 spiro atoms. The normalized spacial score (nSPS) is 12.0. The summed E-state index contributed by atoms with van der Waals surface area (Å²) < 4.78 is 33.8. The fraction of sp³-hybridized carbons (Fsp3) is 0.583. The number of fused-ring (bicyclic) bond motifs is 1. The second-order valence-electron chi connectivity index (χ2n) is 7.87. The number of hydrogen-bond donors (Lipinski definition) is 1. The van der Waals surface area contributed by atoms with E-state index in [9.17, 15) is 13.0 Å². The van der Waals surface area contributed by atoms with Crippen LogP contribution in [-0.4, -0.2) is 13.0 Å². The van der Waals surface area contributed by atoms with Crippen molar-refractivity contribution in [3.05, 3.63) is 41.5 Å². The van der Waals surface area contributed by atoms with E-state index in [0.29, 0.717) is 0 Å². The number of unbranched alkanes of at least 4 members (excludes halogenated alkanes) is 8. The third-order valence-corrected chi connectivity index (χ3v) is 6.45. The van der Waals surface area contributed by atoms with E-state index in [0.717, 1.165) is 48.4 Å². The van der Waals surface area contributed by atoms with Crippen LogP contribution < -0.4 is 0 Å². The van der Waals surface area contributed by atoms with Crippen LogP contribution in [0.25, 0.3) is 10.8 Å². The van der Waals surface area contributed by atoms with Crippen molar-refractivity contribution in [1.82, 2.24) is 0 Å². The highest BCUT2D eigenvalue weighted by Crippen LogP contribution is 2.31. The predicted octanol–water partition coefficient (Wildman–Crippen LogP) is 7.11. The summed E-state index contributed by atoms with van der Waals surface area (Å²) in [4.78, 5) is 0.0568. The minimum atomic E-state index is -4.24. The lowest BCUT2D eigenvalue weighted by atomic mass is 9.94. The molecule has 0 amide bonds. The minimum absolute atomic E-state index is 0.0568. The molecule has 0 aromatic heterocycles. The van der Waals surface area contributed by atoms with Crippen LogP contribution in [-0.2, 0) is 23.0 Å². The van der Waals surface area contributed by atoms with E-state index in [2.05, 4.69) is 13.8 Å². The summed E-state index contributed by atoms with van der Waals surface area (Å²) in [5.41, 5.74) is 2.22. The molecule has 0 radical (unpaired) electrons. The monoisotopic (exact) mass is 404 g/mol. The maximum absolute atomic E-state index is 12.0. The van der Waals surface area contributed by atoms with Crippen LogP contribution in [0.3, 0.4) is 0 Å². The van der Waals surface area contributed by atoms with Gasteiger partial charge in [-0.3, -0.25) is 4.55 Å². The third kappa shape index (κ3) is 6.59. The van der Waals surface area contributed by atoms with Gasteiger partial charge in [-0.05, 0) is 48.3 Å². The first-order valence-electron chi connectivity index (χ1n) is 11.0. The second kappa shape index (κ2) is 11.6. The van der Waals surface area contributed by atoms with Crippen LogP contribution in [0.4, 0.5) is 0 Å². The number of rotatable bonds is 13. The molecule has 0 saturated carbocycles. The van der Waals surface area contributed by atoms with Crippen molar-refractivity contribution >= 4 is 20.9 Å².